The van der Waals surface area contributed by atoms with Crippen LogP contribution in [0.2, 0.25) is 0 Å². The van der Waals surface area contributed by atoms with Crippen LogP contribution >= 0.6 is 0 Å². The van der Waals surface area contributed by atoms with Crippen molar-refractivity contribution in [1.29, 1.82) is 0 Å². The van der Waals surface area contributed by atoms with Crippen molar-refractivity contribution in [3.05, 3.63) is 34.4 Å². The summed E-state index contributed by atoms with van der Waals surface area (Å²) in [4.78, 5) is 9.98. The molecule has 0 saturated carbocycles. The average molecular weight is 298 g/mol. The Balaban J connectivity index is 2.32. The highest BCUT2D eigenvalue weighted by atomic mass is 32.2. The summed E-state index contributed by atoms with van der Waals surface area (Å²) in [5.41, 5.74) is -0.406. The van der Waals surface area contributed by atoms with Gasteiger partial charge in [0.05, 0.1) is 4.92 Å². The van der Waals surface area contributed by atoms with Crippen molar-refractivity contribution < 1.29 is 13.3 Å². The van der Waals surface area contributed by atoms with Gasteiger partial charge in [-0.3, -0.25) is 15.1 Å². The molecule has 0 N–H and O–H groups in total. The lowest BCUT2D eigenvalue weighted by Gasteiger charge is -2.31. The maximum absolute atomic E-state index is 12.5. The van der Waals surface area contributed by atoms with E-state index in [-0.39, 0.29) is 18.0 Å². The third kappa shape index (κ3) is 2.63. The monoisotopic (exact) mass is 298 g/mol. The van der Waals surface area contributed by atoms with Crippen molar-refractivity contribution in [1.82, 2.24) is 9.31 Å². The summed E-state index contributed by atoms with van der Waals surface area (Å²) in [5.74, 6) is 0. The van der Waals surface area contributed by atoms with E-state index in [0.717, 1.165) is 0 Å². The standard InChI is InChI=1S/C11H14N4O4S/c1-12-13-6-8-14(9-7-13)20(18,19)11-5-3-2-4-10(11)15(16)17/h2-5H,1,6-9H2. The van der Waals surface area contributed by atoms with Crippen LogP contribution in [0, 0.1) is 10.1 Å². The van der Waals surface area contributed by atoms with E-state index in [1.165, 1.54) is 28.6 Å². The van der Waals surface area contributed by atoms with Crippen LogP contribution in [-0.2, 0) is 10.0 Å². The van der Waals surface area contributed by atoms with Gasteiger partial charge in [0, 0.05) is 39.0 Å². The van der Waals surface area contributed by atoms with Gasteiger partial charge < -0.3 is 0 Å². The van der Waals surface area contributed by atoms with E-state index >= 15 is 0 Å². The molecule has 0 bridgehead atoms. The minimum atomic E-state index is -3.87. The average Bonchev–Trinajstić information content (AvgIpc) is 2.47. The van der Waals surface area contributed by atoms with Crippen molar-refractivity contribution in [2.24, 2.45) is 5.10 Å². The van der Waals surface area contributed by atoms with Gasteiger partial charge in [-0.2, -0.15) is 9.41 Å². The normalized spacial score (nSPS) is 16.9. The first-order valence-corrected chi connectivity index (χ1v) is 7.36. The minimum absolute atomic E-state index is 0.230. The topological polar surface area (TPSA) is 96.1 Å². The summed E-state index contributed by atoms with van der Waals surface area (Å²) in [6, 6.07) is 5.36. The van der Waals surface area contributed by atoms with Gasteiger partial charge in [0.25, 0.3) is 5.69 Å². The third-order valence-electron chi connectivity index (χ3n) is 3.09. The molecule has 1 aromatic rings. The molecule has 1 saturated heterocycles. The van der Waals surface area contributed by atoms with E-state index in [1.54, 1.807) is 5.01 Å². The SMILES string of the molecule is C=NN1CCN(S(=O)(=O)c2ccccc2[N+](=O)[O-])CC1. The van der Waals surface area contributed by atoms with Crippen LogP contribution in [0.4, 0.5) is 5.69 Å². The van der Waals surface area contributed by atoms with Crippen molar-refractivity contribution in [2.45, 2.75) is 4.90 Å². The van der Waals surface area contributed by atoms with Crippen LogP contribution in [0.15, 0.2) is 34.3 Å². The first-order chi connectivity index (χ1) is 9.46. The predicted octanol–water partition coefficient (Wildman–Crippen LogP) is 0.517. The number of benzene rings is 1. The summed E-state index contributed by atoms with van der Waals surface area (Å²) in [6.45, 7) is 4.68. The number of hydrazone groups is 1. The van der Waals surface area contributed by atoms with Crippen LogP contribution in [-0.4, -0.2) is 55.6 Å². The Morgan fingerprint density at radius 1 is 1.20 bits per heavy atom. The smallest absolute Gasteiger partial charge is 0.289 e. The van der Waals surface area contributed by atoms with Crippen LogP contribution < -0.4 is 0 Å². The van der Waals surface area contributed by atoms with E-state index in [2.05, 4.69) is 11.8 Å². The summed E-state index contributed by atoms with van der Waals surface area (Å²) in [5, 5.41) is 16.3. The molecule has 108 valence electrons. The number of rotatable bonds is 4. The number of piperazine rings is 1. The maximum atomic E-state index is 12.5. The molecule has 1 aromatic carbocycles. The van der Waals surface area contributed by atoms with Crippen LogP contribution in [0.25, 0.3) is 0 Å². The van der Waals surface area contributed by atoms with Gasteiger partial charge >= 0.3 is 0 Å². The number of sulfonamides is 1. The first-order valence-electron chi connectivity index (χ1n) is 5.92. The Morgan fingerprint density at radius 2 is 1.80 bits per heavy atom. The van der Waals surface area contributed by atoms with Gasteiger partial charge in [-0.1, -0.05) is 12.1 Å². The quantitative estimate of drug-likeness (QED) is 0.458. The Labute approximate surface area is 116 Å². The molecule has 20 heavy (non-hydrogen) atoms. The molecule has 9 heteroatoms. The van der Waals surface area contributed by atoms with Crippen molar-refractivity contribution in [3.63, 3.8) is 0 Å². The number of para-hydroxylation sites is 1. The molecule has 0 aliphatic carbocycles. The summed E-state index contributed by atoms with van der Waals surface area (Å²) < 4.78 is 26.2. The molecular formula is C11H14N4O4S. The van der Waals surface area contributed by atoms with Gasteiger partial charge in [0.2, 0.25) is 10.0 Å². The van der Waals surface area contributed by atoms with E-state index in [4.69, 9.17) is 0 Å². The highest BCUT2D eigenvalue weighted by molar-refractivity contribution is 7.89. The Bertz CT molecular complexity index is 623. The molecule has 1 aliphatic heterocycles. The second kappa shape index (κ2) is 5.55. The molecular weight excluding hydrogens is 284 g/mol. The zero-order valence-electron chi connectivity index (χ0n) is 10.7. The highest BCUT2D eigenvalue weighted by Gasteiger charge is 2.33. The maximum Gasteiger partial charge on any atom is 0.289 e. The molecule has 1 fully saturated rings. The first kappa shape index (κ1) is 14.4. The van der Waals surface area contributed by atoms with E-state index in [1.807, 2.05) is 0 Å². The molecule has 0 unspecified atom stereocenters. The van der Waals surface area contributed by atoms with Crippen LogP contribution in [0.3, 0.4) is 0 Å². The second-order valence-corrected chi connectivity index (χ2v) is 6.13. The number of nitro benzene ring substituents is 1. The fraction of sp³-hybridized carbons (Fsp3) is 0.364. The predicted molar refractivity (Wildman–Crippen MR) is 73.0 cm³/mol. The Kier molecular flexibility index (Phi) is 4.00. The second-order valence-electron chi connectivity index (χ2n) is 4.22. The molecule has 1 heterocycles. The van der Waals surface area contributed by atoms with E-state index in [0.29, 0.717) is 13.1 Å². The summed E-state index contributed by atoms with van der Waals surface area (Å²) in [6.07, 6.45) is 0. The van der Waals surface area contributed by atoms with E-state index in [9.17, 15) is 18.5 Å². The lowest BCUT2D eigenvalue weighted by Crippen LogP contribution is -2.46. The number of hydrogen-bond acceptors (Lipinski definition) is 6. The lowest BCUT2D eigenvalue weighted by atomic mass is 10.3. The van der Waals surface area contributed by atoms with Gasteiger partial charge in [-0.25, -0.2) is 8.42 Å². The number of nitro groups is 1. The van der Waals surface area contributed by atoms with Gasteiger partial charge in [-0.05, 0) is 6.07 Å². The molecule has 2 rings (SSSR count). The number of hydrogen-bond donors (Lipinski definition) is 0. The molecule has 0 radical (unpaired) electrons. The van der Waals surface area contributed by atoms with Gasteiger partial charge in [0.15, 0.2) is 4.90 Å². The zero-order valence-corrected chi connectivity index (χ0v) is 11.5. The van der Waals surface area contributed by atoms with E-state index < -0.39 is 20.6 Å². The van der Waals surface area contributed by atoms with Crippen LogP contribution in [0.5, 0.6) is 0 Å². The van der Waals surface area contributed by atoms with Crippen LogP contribution in [0.1, 0.15) is 0 Å². The fourth-order valence-electron chi connectivity index (χ4n) is 2.02. The van der Waals surface area contributed by atoms with Crippen molar-refractivity contribution >= 4 is 22.4 Å². The number of nitrogens with zero attached hydrogens (tertiary/aromatic N) is 4. The van der Waals surface area contributed by atoms with Crippen molar-refractivity contribution in [3.8, 4) is 0 Å². The van der Waals surface area contributed by atoms with Gasteiger partial charge in [0.1, 0.15) is 0 Å². The minimum Gasteiger partial charge on any atom is -0.295 e. The molecule has 0 spiro atoms. The van der Waals surface area contributed by atoms with Gasteiger partial charge in [-0.15, -0.1) is 0 Å². The molecule has 8 nitrogen and oxygen atoms in total. The molecule has 0 amide bonds. The molecule has 1 aliphatic rings. The molecule has 0 aromatic heterocycles. The highest BCUT2D eigenvalue weighted by Crippen LogP contribution is 2.26. The Morgan fingerprint density at radius 3 is 2.35 bits per heavy atom. The fourth-order valence-corrected chi connectivity index (χ4v) is 3.60. The summed E-state index contributed by atoms with van der Waals surface area (Å²) >= 11 is 0. The van der Waals surface area contributed by atoms with Crippen molar-refractivity contribution in [2.75, 3.05) is 26.2 Å². The third-order valence-corrected chi connectivity index (χ3v) is 5.04. The largest absolute Gasteiger partial charge is 0.295 e. The lowest BCUT2D eigenvalue weighted by molar-refractivity contribution is -0.387. The summed E-state index contributed by atoms with van der Waals surface area (Å²) in [7, 11) is -3.87. The Hall–Kier alpha value is -2.00. The molecule has 0 atom stereocenters. The zero-order chi connectivity index (χ0) is 14.8.